The molecule has 2 amide bonds. The maximum Gasteiger partial charge on any atom is 0.493 e. The molecule has 238 valence electrons. The van der Waals surface area contributed by atoms with Gasteiger partial charge in [0.2, 0.25) is 5.91 Å². The summed E-state index contributed by atoms with van der Waals surface area (Å²) in [7, 11) is 0. The first-order valence-electron chi connectivity index (χ1n) is 14.6. The third-order valence-electron chi connectivity index (χ3n) is 7.71. The Morgan fingerprint density at radius 3 is 2.33 bits per heavy atom. The van der Waals surface area contributed by atoms with Crippen LogP contribution in [0.15, 0.2) is 67.0 Å². The van der Waals surface area contributed by atoms with Crippen LogP contribution in [0.2, 0.25) is 0 Å². The number of hydrogen-bond donors (Lipinski definition) is 2. The molecule has 5 rings (SSSR count). The zero-order valence-corrected chi connectivity index (χ0v) is 24.2. The minimum absolute atomic E-state index is 0.0729. The molecule has 0 bridgehead atoms. The Morgan fingerprint density at radius 1 is 1.02 bits per heavy atom. The van der Waals surface area contributed by atoms with Crippen molar-refractivity contribution in [3.8, 4) is 11.4 Å². The van der Waals surface area contributed by atoms with Gasteiger partial charge in [-0.05, 0) is 61.7 Å². The van der Waals surface area contributed by atoms with E-state index in [1.54, 1.807) is 18.2 Å². The molecular formula is C31H32F4N6O4. The number of alkyl halides is 3. The fraction of sp³-hybridized carbons (Fsp3) is 0.387. The maximum atomic E-state index is 13.7. The number of hydroxylamine groups is 2. The van der Waals surface area contributed by atoms with Crippen molar-refractivity contribution in [1.29, 1.82) is 0 Å². The number of rotatable bonds is 10. The fourth-order valence-electron chi connectivity index (χ4n) is 5.24. The second kappa shape index (κ2) is 14.1. The molecule has 1 saturated carbocycles. The molecule has 0 spiro atoms. The lowest BCUT2D eigenvalue weighted by Crippen LogP contribution is -2.56. The summed E-state index contributed by atoms with van der Waals surface area (Å²) < 4.78 is 53.4. The van der Waals surface area contributed by atoms with Crippen molar-refractivity contribution in [3.63, 3.8) is 0 Å². The number of nitrogens with zero attached hydrogens (tertiary/aromatic N) is 4. The van der Waals surface area contributed by atoms with Gasteiger partial charge in [-0.3, -0.25) is 9.59 Å². The molecule has 1 aliphatic heterocycles. The summed E-state index contributed by atoms with van der Waals surface area (Å²) in [5, 5.41) is 6.72. The second-order valence-corrected chi connectivity index (χ2v) is 10.8. The SMILES string of the molecule is O=C([C@H](CCCN[C@@H]1C[C@H]1c1ccc(F)cc1)N(OC(=O)C(F)(F)F)C(=O)c1ccc(-c2ncccn2)cc1)N1CCNCC1. The second-order valence-electron chi connectivity index (χ2n) is 10.8. The van der Waals surface area contributed by atoms with Crippen LogP contribution in [-0.4, -0.2) is 88.7 Å². The average molecular weight is 629 g/mol. The smallest absolute Gasteiger partial charge is 0.338 e. The monoisotopic (exact) mass is 628 g/mol. The van der Waals surface area contributed by atoms with Gasteiger partial charge >= 0.3 is 12.1 Å². The van der Waals surface area contributed by atoms with Crippen molar-refractivity contribution in [3.05, 3.63) is 83.9 Å². The minimum atomic E-state index is -5.40. The molecule has 10 nitrogen and oxygen atoms in total. The lowest BCUT2D eigenvalue weighted by molar-refractivity contribution is -0.234. The largest absolute Gasteiger partial charge is 0.493 e. The Morgan fingerprint density at radius 2 is 1.69 bits per heavy atom. The summed E-state index contributed by atoms with van der Waals surface area (Å²) in [5.41, 5.74) is 1.44. The van der Waals surface area contributed by atoms with E-state index < -0.39 is 30.0 Å². The van der Waals surface area contributed by atoms with E-state index in [0.717, 1.165) is 12.0 Å². The Kier molecular flexibility index (Phi) is 10.0. The van der Waals surface area contributed by atoms with Crippen molar-refractivity contribution in [2.45, 2.75) is 43.4 Å². The first-order chi connectivity index (χ1) is 21.6. The van der Waals surface area contributed by atoms with Crippen molar-refractivity contribution in [1.82, 2.24) is 30.6 Å². The summed E-state index contributed by atoms with van der Waals surface area (Å²) in [6.45, 7) is 1.86. The average Bonchev–Trinajstić information content (AvgIpc) is 3.83. The van der Waals surface area contributed by atoms with Crippen LogP contribution in [-0.2, 0) is 14.4 Å². The lowest BCUT2D eigenvalue weighted by Gasteiger charge is -2.35. The molecular weight excluding hydrogens is 596 g/mol. The first-order valence-corrected chi connectivity index (χ1v) is 14.6. The summed E-state index contributed by atoms with van der Waals surface area (Å²) in [6.07, 6.45) is -1.30. The molecule has 1 aromatic heterocycles. The highest BCUT2D eigenvalue weighted by Gasteiger charge is 2.46. The standard InChI is InChI=1S/C31H32F4N6O4/c32-23-10-8-20(9-11-23)24-19-25(24)37-12-1-3-26(29(43)40-17-15-36-16-18-40)41(45-30(44)31(33,34)35)28(42)22-6-4-21(5-7-22)27-38-13-2-14-39-27/h2,4-11,13-14,24-26,36-37H,1,3,12,15-19H2/t24-,25+,26-/m0/s1. The summed E-state index contributed by atoms with van der Waals surface area (Å²) in [5.74, 6) is -4.07. The highest BCUT2D eigenvalue weighted by atomic mass is 19.4. The first kappa shape index (κ1) is 32.0. The van der Waals surface area contributed by atoms with Gasteiger partial charge in [-0.2, -0.15) is 18.2 Å². The number of carbonyl (C=O) groups is 3. The molecule has 2 aliphatic rings. The van der Waals surface area contributed by atoms with Crippen LogP contribution in [0.1, 0.15) is 41.1 Å². The molecule has 45 heavy (non-hydrogen) atoms. The predicted molar refractivity (Wildman–Crippen MR) is 154 cm³/mol. The van der Waals surface area contributed by atoms with Gasteiger partial charge in [0, 0.05) is 61.7 Å². The lowest BCUT2D eigenvalue weighted by atomic mass is 10.1. The van der Waals surface area contributed by atoms with E-state index in [4.69, 9.17) is 0 Å². The molecule has 14 heteroatoms. The molecule has 2 aromatic carbocycles. The number of halogens is 4. The van der Waals surface area contributed by atoms with Gasteiger partial charge in [0.05, 0.1) is 0 Å². The van der Waals surface area contributed by atoms with Crippen molar-refractivity contribution >= 4 is 17.8 Å². The normalized spacial score (nSPS) is 18.6. The Bertz CT molecular complexity index is 1470. The number of amides is 2. The quantitative estimate of drug-likeness (QED) is 0.199. The zero-order chi connectivity index (χ0) is 32.0. The van der Waals surface area contributed by atoms with E-state index in [9.17, 15) is 31.9 Å². The maximum absolute atomic E-state index is 13.7. The van der Waals surface area contributed by atoms with Gasteiger partial charge in [0.15, 0.2) is 5.82 Å². The predicted octanol–water partition coefficient (Wildman–Crippen LogP) is 3.47. The Balaban J connectivity index is 1.33. The fourth-order valence-corrected chi connectivity index (χ4v) is 5.24. The molecule has 0 radical (unpaired) electrons. The zero-order valence-electron chi connectivity index (χ0n) is 24.2. The summed E-state index contributed by atoms with van der Waals surface area (Å²) in [4.78, 5) is 53.8. The van der Waals surface area contributed by atoms with E-state index in [0.29, 0.717) is 31.0 Å². The number of carbonyl (C=O) groups excluding carboxylic acids is 3. The van der Waals surface area contributed by atoms with Crippen LogP contribution < -0.4 is 10.6 Å². The van der Waals surface area contributed by atoms with Gasteiger partial charge < -0.3 is 20.4 Å². The van der Waals surface area contributed by atoms with Gasteiger partial charge in [0.1, 0.15) is 11.9 Å². The molecule has 1 aliphatic carbocycles. The van der Waals surface area contributed by atoms with Gasteiger partial charge in [-0.1, -0.05) is 24.3 Å². The highest BCUT2D eigenvalue weighted by Crippen LogP contribution is 2.40. The Hall–Kier alpha value is -4.43. The third-order valence-corrected chi connectivity index (χ3v) is 7.71. The van der Waals surface area contributed by atoms with Crippen molar-refractivity contribution in [2.24, 2.45) is 0 Å². The molecule has 2 heterocycles. The molecule has 2 fully saturated rings. The van der Waals surface area contributed by atoms with Crippen molar-refractivity contribution < 1.29 is 36.8 Å². The Labute approximate surface area is 256 Å². The van der Waals surface area contributed by atoms with Crippen molar-refractivity contribution in [2.75, 3.05) is 32.7 Å². The molecule has 3 atom stereocenters. The molecule has 3 aromatic rings. The van der Waals surface area contributed by atoms with Crippen LogP contribution in [0, 0.1) is 5.82 Å². The molecule has 0 unspecified atom stereocenters. The highest BCUT2D eigenvalue weighted by molar-refractivity contribution is 5.98. The summed E-state index contributed by atoms with van der Waals surface area (Å²) in [6, 6.07) is 12.2. The number of hydrogen-bond acceptors (Lipinski definition) is 8. The summed E-state index contributed by atoms with van der Waals surface area (Å²) >= 11 is 0. The van der Waals surface area contributed by atoms with Gasteiger partial charge in [0.25, 0.3) is 5.91 Å². The van der Waals surface area contributed by atoms with E-state index in [2.05, 4.69) is 25.4 Å². The van der Waals surface area contributed by atoms with Crippen LogP contribution in [0.25, 0.3) is 11.4 Å². The minimum Gasteiger partial charge on any atom is -0.338 e. The van der Waals surface area contributed by atoms with E-state index >= 15 is 0 Å². The number of nitrogens with one attached hydrogen (secondary N) is 2. The van der Waals surface area contributed by atoms with E-state index in [1.165, 1.54) is 53.7 Å². The number of piperazine rings is 1. The number of benzene rings is 2. The van der Waals surface area contributed by atoms with E-state index in [-0.39, 0.29) is 54.3 Å². The van der Waals surface area contributed by atoms with Crippen LogP contribution in [0.5, 0.6) is 0 Å². The number of aromatic nitrogens is 2. The van der Waals surface area contributed by atoms with Crippen LogP contribution >= 0.6 is 0 Å². The van der Waals surface area contributed by atoms with Gasteiger partial charge in [-0.25, -0.2) is 19.2 Å². The third kappa shape index (κ3) is 8.19. The molecule has 1 saturated heterocycles. The van der Waals surface area contributed by atoms with Gasteiger partial charge in [-0.15, -0.1) is 0 Å². The van der Waals surface area contributed by atoms with Crippen LogP contribution in [0.4, 0.5) is 17.6 Å². The molecule has 2 N–H and O–H groups in total. The van der Waals surface area contributed by atoms with Crippen LogP contribution in [0.3, 0.4) is 0 Å². The topological polar surface area (TPSA) is 117 Å². The van der Waals surface area contributed by atoms with E-state index in [1.807, 2.05) is 0 Å².